The maximum atomic E-state index is 13.6. The van der Waals surface area contributed by atoms with Crippen LogP contribution in [0, 0.1) is 11.6 Å². The van der Waals surface area contributed by atoms with E-state index in [2.05, 4.69) is 15.3 Å². The highest BCUT2D eigenvalue weighted by molar-refractivity contribution is 8.00. The Morgan fingerprint density at radius 1 is 1.33 bits per heavy atom. The summed E-state index contributed by atoms with van der Waals surface area (Å²) in [6.07, 6.45) is 0.980. The first-order valence-corrected chi connectivity index (χ1v) is 8.34. The summed E-state index contributed by atoms with van der Waals surface area (Å²) >= 11 is 1.05. The topological polar surface area (TPSA) is 74.8 Å². The van der Waals surface area contributed by atoms with Crippen LogP contribution in [0.5, 0.6) is 0 Å². The molecule has 1 atom stereocenters. The molecule has 0 aliphatic rings. The molecule has 0 bridgehead atoms. The number of amides is 1. The number of anilines is 1. The lowest BCUT2D eigenvalue weighted by atomic mass is 10.2. The molecule has 1 heterocycles. The standard InChI is InChI=1S/C16H17F2N3O2S/c1-3-9-8-13(22)20-16(19-9)24-12(4-2)15(23)21-14-10(17)6-5-7-11(14)18/h5-8,12H,3-4H2,1-2H3,(H,21,23)(H,19,20,22). The smallest absolute Gasteiger partial charge is 0.251 e. The molecular formula is C16H17F2N3O2S. The zero-order chi connectivity index (χ0) is 17.7. The number of carbonyl (C=O) groups is 1. The summed E-state index contributed by atoms with van der Waals surface area (Å²) in [4.78, 5) is 30.7. The van der Waals surface area contributed by atoms with Crippen LogP contribution in [0.1, 0.15) is 26.0 Å². The number of aromatic amines is 1. The van der Waals surface area contributed by atoms with Gasteiger partial charge in [0.25, 0.3) is 5.56 Å². The van der Waals surface area contributed by atoms with Crippen molar-refractivity contribution in [2.75, 3.05) is 5.32 Å². The van der Waals surface area contributed by atoms with Gasteiger partial charge in [0.2, 0.25) is 5.91 Å². The van der Waals surface area contributed by atoms with Crippen LogP contribution < -0.4 is 10.9 Å². The first kappa shape index (κ1) is 18.1. The van der Waals surface area contributed by atoms with Gasteiger partial charge < -0.3 is 10.3 Å². The van der Waals surface area contributed by atoms with E-state index in [1.54, 1.807) is 6.92 Å². The van der Waals surface area contributed by atoms with Crippen LogP contribution in [-0.2, 0) is 11.2 Å². The second kappa shape index (κ2) is 8.05. The predicted octanol–water partition coefficient (Wildman–Crippen LogP) is 3.12. The Bertz CT molecular complexity index is 775. The molecule has 0 radical (unpaired) electrons. The summed E-state index contributed by atoms with van der Waals surface area (Å²) in [5, 5.41) is 1.91. The fraction of sp³-hybridized carbons (Fsp3) is 0.312. The highest BCUT2D eigenvalue weighted by Gasteiger charge is 2.22. The summed E-state index contributed by atoms with van der Waals surface area (Å²) in [6, 6.07) is 4.74. The van der Waals surface area contributed by atoms with Gasteiger partial charge in [-0.2, -0.15) is 0 Å². The molecule has 0 saturated heterocycles. The number of H-pyrrole nitrogens is 1. The Morgan fingerprint density at radius 2 is 2.00 bits per heavy atom. The van der Waals surface area contributed by atoms with E-state index in [1.165, 1.54) is 12.1 Å². The first-order chi connectivity index (χ1) is 11.4. The van der Waals surface area contributed by atoms with Gasteiger partial charge in [-0.15, -0.1) is 0 Å². The zero-order valence-corrected chi connectivity index (χ0v) is 14.0. The van der Waals surface area contributed by atoms with Crippen LogP contribution in [0.3, 0.4) is 0 Å². The number of hydrogen-bond acceptors (Lipinski definition) is 4. The van der Waals surface area contributed by atoms with Gasteiger partial charge in [0.1, 0.15) is 17.3 Å². The summed E-state index contributed by atoms with van der Waals surface area (Å²) in [6.45, 7) is 3.62. The van der Waals surface area contributed by atoms with Crippen molar-refractivity contribution in [2.24, 2.45) is 0 Å². The molecule has 2 aromatic rings. The molecule has 0 fully saturated rings. The van der Waals surface area contributed by atoms with Crippen molar-refractivity contribution in [2.45, 2.75) is 37.1 Å². The Morgan fingerprint density at radius 3 is 2.58 bits per heavy atom. The SMILES string of the molecule is CCc1cc(=O)[nH]c(SC(CC)C(=O)Nc2c(F)cccc2F)n1. The van der Waals surface area contributed by atoms with E-state index in [4.69, 9.17) is 0 Å². The first-order valence-electron chi connectivity index (χ1n) is 7.46. The van der Waals surface area contributed by atoms with Gasteiger partial charge in [0.05, 0.1) is 5.25 Å². The maximum absolute atomic E-state index is 13.6. The number of para-hydroxylation sites is 1. The Hall–Kier alpha value is -2.22. The van der Waals surface area contributed by atoms with Gasteiger partial charge >= 0.3 is 0 Å². The molecule has 8 heteroatoms. The van der Waals surface area contributed by atoms with E-state index in [9.17, 15) is 18.4 Å². The molecule has 0 aliphatic heterocycles. The molecule has 2 N–H and O–H groups in total. The number of rotatable bonds is 6. The Kier molecular flexibility index (Phi) is 6.08. The summed E-state index contributed by atoms with van der Waals surface area (Å²) in [5.74, 6) is -2.25. The molecule has 1 aromatic heterocycles. The minimum atomic E-state index is -0.845. The number of aromatic nitrogens is 2. The van der Waals surface area contributed by atoms with Crippen LogP contribution in [0.15, 0.2) is 34.2 Å². The van der Waals surface area contributed by atoms with Crippen LogP contribution in [-0.4, -0.2) is 21.1 Å². The average molecular weight is 353 g/mol. The van der Waals surface area contributed by atoms with Crippen molar-refractivity contribution in [3.05, 3.63) is 51.9 Å². The monoisotopic (exact) mass is 353 g/mol. The van der Waals surface area contributed by atoms with E-state index in [0.717, 1.165) is 23.9 Å². The predicted molar refractivity (Wildman–Crippen MR) is 89.2 cm³/mol. The number of benzene rings is 1. The Labute approximate surface area is 141 Å². The molecule has 2 rings (SSSR count). The third-order valence-electron chi connectivity index (χ3n) is 3.26. The number of thioether (sulfide) groups is 1. The second-order valence-electron chi connectivity index (χ2n) is 5.00. The average Bonchev–Trinajstić information content (AvgIpc) is 2.55. The van der Waals surface area contributed by atoms with Gasteiger partial charge in [-0.25, -0.2) is 13.8 Å². The lowest BCUT2D eigenvalue weighted by Crippen LogP contribution is -2.26. The number of halogens is 2. The molecule has 0 spiro atoms. The molecule has 1 aromatic carbocycles. The van der Waals surface area contributed by atoms with Crippen LogP contribution in [0.2, 0.25) is 0 Å². The molecule has 1 amide bonds. The number of nitrogens with zero attached hydrogens (tertiary/aromatic N) is 1. The number of hydrogen-bond donors (Lipinski definition) is 2. The lowest BCUT2D eigenvalue weighted by molar-refractivity contribution is -0.115. The van der Waals surface area contributed by atoms with E-state index >= 15 is 0 Å². The van der Waals surface area contributed by atoms with E-state index in [1.807, 2.05) is 6.92 Å². The fourth-order valence-electron chi connectivity index (χ4n) is 2.00. The molecule has 0 saturated carbocycles. The highest BCUT2D eigenvalue weighted by atomic mass is 32.2. The fourth-order valence-corrected chi connectivity index (χ4v) is 2.93. The highest BCUT2D eigenvalue weighted by Crippen LogP contribution is 2.25. The molecule has 0 aliphatic carbocycles. The third-order valence-corrected chi connectivity index (χ3v) is 4.51. The van der Waals surface area contributed by atoms with Crippen molar-refractivity contribution < 1.29 is 13.6 Å². The molecule has 24 heavy (non-hydrogen) atoms. The molecule has 5 nitrogen and oxygen atoms in total. The van der Waals surface area contributed by atoms with Gasteiger partial charge in [-0.05, 0) is 25.0 Å². The van der Waals surface area contributed by atoms with Crippen LogP contribution in [0.25, 0.3) is 0 Å². The van der Waals surface area contributed by atoms with E-state index in [-0.39, 0.29) is 5.56 Å². The van der Waals surface area contributed by atoms with Gasteiger partial charge in [0.15, 0.2) is 5.16 Å². The molecule has 1 unspecified atom stereocenters. The van der Waals surface area contributed by atoms with Crippen molar-refractivity contribution in [3.8, 4) is 0 Å². The number of aryl methyl sites for hydroxylation is 1. The van der Waals surface area contributed by atoms with Gasteiger partial charge in [-0.3, -0.25) is 9.59 Å². The third kappa shape index (κ3) is 4.41. The van der Waals surface area contributed by atoms with Gasteiger partial charge in [-0.1, -0.05) is 31.7 Å². The lowest BCUT2D eigenvalue weighted by Gasteiger charge is -2.15. The van der Waals surface area contributed by atoms with E-state index < -0.39 is 28.5 Å². The quantitative estimate of drug-likeness (QED) is 0.618. The second-order valence-corrected chi connectivity index (χ2v) is 6.19. The van der Waals surface area contributed by atoms with Crippen LogP contribution >= 0.6 is 11.8 Å². The Balaban J connectivity index is 2.18. The largest absolute Gasteiger partial charge is 0.320 e. The maximum Gasteiger partial charge on any atom is 0.251 e. The normalized spacial score (nSPS) is 12.0. The molecular weight excluding hydrogens is 336 g/mol. The minimum absolute atomic E-state index is 0.301. The summed E-state index contributed by atoms with van der Waals surface area (Å²) in [5.41, 5.74) is -0.179. The van der Waals surface area contributed by atoms with Crippen molar-refractivity contribution in [3.63, 3.8) is 0 Å². The van der Waals surface area contributed by atoms with Gasteiger partial charge in [0, 0.05) is 11.8 Å². The van der Waals surface area contributed by atoms with Crippen molar-refractivity contribution in [1.29, 1.82) is 0 Å². The van der Waals surface area contributed by atoms with Crippen molar-refractivity contribution in [1.82, 2.24) is 9.97 Å². The number of carbonyl (C=O) groups excluding carboxylic acids is 1. The summed E-state index contributed by atoms with van der Waals surface area (Å²) in [7, 11) is 0. The van der Waals surface area contributed by atoms with Crippen molar-refractivity contribution >= 4 is 23.4 Å². The van der Waals surface area contributed by atoms with Crippen LogP contribution in [0.4, 0.5) is 14.5 Å². The summed E-state index contributed by atoms with van der Waals surface area (Å²) < 4.78 is 27.3. The minimum Gasteiger partial charge on any atom is -0.320 e. The molecule has 128 valence electrons. The van der Waals surface area contributed by atoms with E-state index in [0.29, 0.717) is 23.7 Å². The number of nitrogens with one attached hydrogen (secondary N) is 2. The zero-order valence-electron chi connectivity index (χ0n) is 13.2.